The normalized spacial score (nSPS) is 11.1. The minimum Gasteiger partial charge on any atom is -0.300 e. The van der Waals surface area contributed by atoms with E-state index in [2.05, 4.69) is 6.58 Å². The number of carbonyl (C=O) groups is 1. The van der Waals surface area contributed by atoms with Gasteiger partial charge >= 0.3 is 0 Å². The summed E-state index contributed by atoms with van der Waals surface area (Å²) < 4.78 is 0. The van der Waals surface area contributed by atoms with E-state index < -0.39 is 0 Å². The fourth-order valence-electron chi connectivity index (χ4n) is 0.653. The molecule has 0 heterocycles. The zero-order valence-electron chi connectivity index (χ0n) is 5.98. The van der Waals surface area contributed by atoms with Gasteiger partial charge in [0.2, 0.25) is 0 Å². The number of hydrogen-bond acceptors (Lipinski definition) is 1. The van der Waals surface area contributed by atoms with Crippen LogP contribution in [0.1, 0.15) is 20.3 Å². The lowest BCUT2D eigenvalue weighted by Gasteiger charge is -1.91. The van der Waals surface area contributed by atoms with E-state index in [1.54, 1.807) is 13.0 Å². The van der Waals surface area contributed by atoms with Crippen molar-refractivity contribution in [1.29, 1.82) is 0 Å². The molecular weight excluding hydrogens is 112 g/mol. The molecular formula is C8H12O. The van der Waals surface area contributed by atoms with Gasteiger partial charge in [0.05, 0.1) is 0 Å². The van der Waals surface area contributed by atoms with Crippen LogP contribution in [0.2, 0.25) is 0 Å². The number of rotatable bonds is 3. The Morgan fingerprint density at radius 2 is 2.11 bits per heavy atom. The molecule has 0 aliphatic heterocycles. The second-order valence-electron chi connectivity index (χ2n) is 2.13. The van der Waals surface area contributed by atoms with Crippen LogP contribution in [0.15, 0.2) is 24.3 Å². The Bertz CT molecular complexity index is 143. The standard InChI is InChI=1S/C8H12O/c1-4-5-7(2)6-8(3)9/h4-5H,1,6H2,2-3H3/b7-5+. The molecule has 0 aliphatic carbocycles. The lowest BCUT2D eigenvalue weighted by Crippen LogP contribution is -1.89. The summed E-state index contributed by atoms with van der Waals surface area (Å²) in [4.78, 5) is 10.5. The highest BCUT2D eigenvalue weighted by molar-refractivity contribution is 5.77. The molecule has 0 spiro atoms. The summed E-state index contributed by atoms with van der Waals surface area (Å²) in [5.74, 6) is 0.200. The zero-order valence-corrected chi connectivity index (χ0v) is 5.98. The first-order chi connectivity index (χ1) is 4.16. The van der Waals surface area contributed by atoms with E-state index in [0.717, 1.165) is 5.57 Å². The van der Waals surface area contributed by atoms with Crippen molar-refractivity contribution in [1.82, 2.24) is 0 Å². The Hall–Kier alpha value is -0.850. The van der Waals surface area contributed by atoms with E-state index in [0.29, 0.717) is 6.42 Å². The van der Waals surface area contributed by atoms with Crippen LogP contribution in [0.3, 0.4) is 0 Å². The first-order valence-electron chi connectivity index (χ1n) is 2.94. The molecule has 50 valence electrons. The summed E-state index contributed by atoms with van der Waals surface area (Å²) in [6, 6.07) is 0. The molecule has 0 rings (SSSR count). The Kier molecular flexibility index (Phi) is 3.69. The van der Waals surface area contributed by atoms with Gasteiger partial charge in [-0.1, -0.05) is 24.3 Å². The highest BCUT2D eigenvalue weighted by atomic mass is 16.1. The average molecular weight is 124 g/mol. The van der Waals surface area contributed by atoms with Crippen molar-refractivity contribution in [2.75, 3.05) is 0 Å². The zero-order chi connectivity index (χ0) is 7.28. The third kappa shape index (κ3) is 5.01. The summed E-state index contributed by atoms with van der Waals surface area (Å²) in [5, 5.41) is 0. The van der Waals surface area contributed by atoms with E-state index in [-0.39, 0.29) is 5.78 Å². The molecule has 0 aliphatic rings. The number of Topliss-reactive ketones (excluding diaryl/α,β-unsaturated/α-hetero) is 1. The molecule has 0 radical (unpaired) electrons. The van der Waals surface area contributed by atoms with E-state index in [4.69, 9.17) is 0 Å². The monoisotopic (exact) mass is 124 g/mol. The highest BCUT2D eigenvalue weighted by Crippen LogP contribution is 1.99. The van der Waals surface area contributed by atoms with Gasteiger partial charge in [0.1, 0.15) is 5.78 Å². The Labute approximate surface area is 56.1 Å². The van der Waals surface area contributed by atoms with Crippen molar-refractivity contribution in [3.05, 3.63) is 24.3 Å². The van der Waals surface area contributed by atoms with Gasteiger partial charge < -0.3 is 0 Å². The van der Waals surface area contributed by atoms with Crippen LogP contribution in [-0.2, 0) is 4.79 Å². The molecule has 0 unspecified atom stereocenters. The Morgan fingerprint density at radius 3 is 2.44 bits per heavy atom. The van der Waals surface area contributed by atoms with E-state index in [1.165, 1.54) is 0 Å². The van der Waals surface area contributed by atoms with Gasteiger partial charge in [-0.3, -0.25) is 4.79 Å². The molecule has 0 saturated carbocycles. The first-order valence-corrected chi connectivity index (χ1v) is 2.94. The summed E-state index contributed by atoms with van der Waals surface area (Å²) >= 11 is 0. The number of ketones is 1. The molecule has 0 aromatic heterocycles. The second kappa shape index (κ2) is 4.07. The van der Waals surface area contributed by atoms with Crippen LogP contribution in [0.4, 0.5) is 0 Å². The molecule has 0 aromatic carbocycles. The maximum atomic E-state index is 10.5. The van der Waals surface area contributed by atoms with Crippen molar-refractivity contribution in [2.45, 2.75) is 20.3 Å². The molecule has 0 atom stereocenters. The van der Waals surface area contributed by atoms with Gasteiger partial charge in [0.15, 0.2) is 0 Å². The fourth-order valence-corrected chi connectivity index (χ4v) is 0.653. The molecule has 0 fully saturated rings. The van der Waals surface area contributed by atoms with E-state index in [9.17, 15) is 4.79 Å². The van der Waals surface area contributed by atoms with E-state index >= 15 is 0 Å². The summed E-state index contributed by atoms with van der Waals surface area (Å²) in [6.45, 7) is 7.02. The van der Waals surface area contributed by atoms with Crippen LogP contribution >= 0.6 is 0 Å². The minimum absolute atomic E-state index is 0.200. The molecule has 0 aromatic rings. The van der Waals surface area contributed by atoms with Crippen molar-refractivity contribution in [3.8, 4) is 0 Å². The smallest absolute Gasteiger partial charge is 0.133 e. The van der Waals surface area contributed by atoms with Gasteiger partial charge in [-0.2, -0.15) is 0 Å². The van der Waals surface area contributed by atoms with Crippen molar-refractivity contribution in [3.63, 3.8) is 0 Å². The minimum atomic E-state index is 0.200. The highest BCUT2D eigenvalue weighted by Gasteiger charge is 1.91. The van der Waals surface area contributed by atoms with Crippen LogP contribution in [-0.4, -0.2) is 5.78 Å². The maximum Gasteiger partial charge on any atom is 0.133 e. The van der Waals surface area contributed by atoms with Gasteiger partial charge in [-0.05, 0) is 13.8 Å². The summed E-state index contributed by atoms with van der Waals surface area (Å²) in [6.07, 6.45) is 4.09. The molecule has 0 bridgehead atoms. The fraction of sp³-hybridized carbons (Fsp3) is 0.375. The molecule has 0 saturated heterocycles. The Balaban J connectivity index is 3.75. The number of hydrogen-bond donors (Lipinski definition) is 0. The predicted molar refractivity (Wildman–Crippen MR) is 39.3 cm³/mol. The van der Waals surface area contributed by atoms with Crippen LogP contribution in [0.5, 0.6) is 0 Å². The quantitative estimate of drug-likeness (QED) is 0.526. The van der Waals surface area contributed by atoms with Gasteiger partial charge in [0, 0.05) is 6.42 Å². The van der Waals surface area contributed by atoms with Gasteiger partial charge in [0.25, 0.3) is 0 Å². The van der Waals surface area contributed by atoms with Crippen LogP contribution in [0.25, 0.3) is 0 Å². The van der Waals surface area contributed by atoms with Crippen molar-refractivity contribution in [2.24, 2.45) is 0 Å². The van der Waals surface area contributed by atoms with E-state index in [1.807, 2.05) is 13.0 Å². The summed E-state index contributed by atoms with van der Waals surface area (Å²) in [7, 11) is 0. The van der Waals surface area contributed by atoms with Gasteiger partial charge in [-0.15, -0.1) is 0 Å². The SMILES string of the molecule is C=C/C=C(\C)CC(C)=O. The lowest BCUT2D eigenvalue weighted by atomic mass is 10.1. The second-order valence-corrected chi connectivity index (χ2v) is 2.13. The van der Waals surface area contributed by atoms with Crippen molar-refractivity contribution < 1.29 is 4.79 Å². The number of allylic oxidation sites excluding steroid dienone is 3. The third-order valence-electron chi connectivity index (χ3n) is 0.930. The summed E-state index contributed by atoms with van der Waals surface area (Å²) in [5.41, 5.74) is 1.07. The first kappa shape index (κ1) is 8.15. The number of carbonyl (C=O) groups excluding carboxylic acids is 1. The molecule has 0 amide bonds. The molecule has 1 nitrogen and oxygen atoms in total. The van der Waals surface area contributed by atoms with Crippen LogP contribution < -0.4 is 0 Å². The lowest BCUT2D eigenvalue weighted by molar-refractivity contribution is -0.116. The Morgan fingerprint density at radius 1 is 1.56 bits per heavy atom. The molecule has 1 heteroatoms. The average Bonchev–Trinajstić information content (AvgIpc) is 1.63. The molecule has 0 N–H and O–H groups in total. The largest absolute Gasteiger partial charge is 0.300 e. The predicted octanol–water partition coefficient (Wildman–Crippen LogP) is 2.10. The molecule has 9 heavy (non-hydrogen) atoms. The maximum absolute atomic E-state index is 10.5. The van der Waals surface area contributed by atoms with Gasteiger partial charge in [-0.25, -0.2) is 0 Å². The van der Waals surface area contributed by atoms with Crippen molar-refractivity contribution >= 4 is 5.78 Å². The van der Waals surface area contributed by atoms with Crippen LogP contribution in [0, 0.1) is 0 Å². The third-order valence-corrected chi connectivity index (χ3v) is 0.930. The topological polar surface area (TPSA) is 17.1 Å².